The van der Waals surface area contributed by atoms with Gasteiger partial charge in [0.15, 0.2) is 11.0 Å². The molecule has 0 saturated carbocycles. The number of carbonyl (C=O) groups is 1. The molecule has 0 unspecified atom stereocenters. The topological polar surface area (TPSA) is 72.7 Å². The summed E-state index contributed by atoms with van der Waals surface area (Å²) in [5.74, 6) is 0.954. The second-order valence-corrected chi connectivity index (χ2v) is 10.9. The van der Waals surface area contributed by atoms with Gasteiger partial charge in [0.1, 0.15) is 5.01 Å². The average Bonchev–Trinajstić information content (AvgIpc) is 3.47. The Morgan fingerprint density at radius 1 is 1.03 bits per heavy atom. The number of rotatable bonds is 7. The van der Waals surface area contributed by atoms with Gasteiger partial charge in [-0.3, -0.25) is 4.79 Å². The van der Waals surface area contributed by atoms with Crippen LogP contribution in [0.3, 0.4) is 0 Å². The van der Waals surface area contributed by atoms with Crippen LogP contribution in [0.1, 0.15) is 12.5 Å². The van der Waals surface area contributed by atoms with Crippen LogP contribution in [0.5, 0.6) is 0 Å². The highest BCUT2D eigenvalue weighted by Gasteiger charge is 2.15. The van der Waals surface area contributed by atoms with Crippen LogP contribution in [0, 0.1) is 6.92 Å². The number of thiazole rings is 1. The molecule has 2 heterocycles. The van der Waals surface area contributed by atoms with Gasteiger partial charge in [-0.1, -0.05) is 45.9 Å². The van der Waals surface area contributed by atoms with Gasteiger partial charge in [0, 0.05) is 27.8 Å². The lowest BCUT2D eigenvalue weighted by molar-refractivity contribution is -0.113. The second-order valence-electron chi connectivity index (χ2n) is 7.96. The van der Waals surface area contributed by atoms with Crippen molar-refractivity contribution in [2.24, 2.45) is 0 Å². The third-order valence-corrected chi connectivity index (χ3v) is 7.99. The maximum atomic E-state index is 12.6. The van der Waals surface area contributed by atoms with Crippen LogP contribution < -0.4 is 5.32 Å². The van der Waals surface area contributed by atoms with Gasteiger partial charge < -0.3 is 9.88 Å². The number of anilines is 1. The zero-order valence-corrected chi connectivity index (χ0v) is 22.4. The fourth-order valence-corrected chi connectivity index (χ4v) is 5.81. The summed E-state index contributed by atoms with van der Waals surface area (Å²) in [4.78, 5) is 17.3. The molecule has 35 heavy (non-hydrogen) atoms. The van der Waals surface area contributed by atoms with E-state index in [0.717, 1.165) is 49.3 Å². The summed E-state index contributed by atoms with van der Waals surface area (Å²) in [6.07, 6.45) is 0. The molecule has 176 valence electrons. The third-order valence-electron chi connectivity index (χ3n) is 5.43. The molecule has 9 heteroatoms. The number of hydrogen-bond donors (Lipinski definition) is 1. The van der Waals surface area contributed by atoms with Crippen molar-refractivity contribution in [3.8, 4) is 22.0 Å². The molecule has 5 rings (SSSR count). The van der Waals surface area contributed by atoms with Gasteiger partial charge in [-0.2, -0.15) is 0 Å². The Kier molecular flexibility index (Phi) is 6.99. The number of amides is 1. The summed E-state index contributed by atoms with van der Waals surface area (Å²) < 4.78 is 4.21. The molecule has 1 amide bonds. The van der Waals surface area contributed by atoms with Gasteiger partial charge in [-0.05, 0) is 67.9 Å². The lowest BCUT2D eigenvalue weighted by atomic mass is 10.2. The molecular weight excluding hydrogens is 542 g/mol. The van der Waals surface area contributed by atoms with Crippen LogP contribution in [0.4, 0.5) is 5.69 Å². The molecule has 0 spiro atoms. The molecule has 5 aromatic rings. The van der Waals surface area contributed by atoms with Crippen LogP contribution in [-0.4, -0.2) is 31.4 Å². The number of nitrogens with zero attached hydrogens (tertiary/aromatic N) is 4. The Hall–Kier alpha value is -3.01. The van der Waals surface area contributed by atoms with Crippen LogP contribution in [0.25, 0.3) is 32.2 Å². The third kappa shape index (κ3) is 5.32. The fraction of sp³-hybridized carbons (Fsp3) is 0.154. The number of thioether (sulfide) groups is 1. The number of halogens is 1. The normalized spacial score (nSPS) is 11.2. The van der Waals surface area contributed by atoms with E-state index in [4.69, 9.17) is 4.98 Å². The summed E-state index contributed by atoms with van der Waals surface area (Å²) in [6, 6.07) is 22.1. The Morgan fingerprint density at radius 3 is 2.51 bits per heavy atom. The SMILES string of the molecule is CCn1c(SCC(=O)Nc2ccc(-c3nc4ccc(C)cc4s3)cc2)nnc1-c1ccc(Br)cc1. The summed E-state index contributed by atoms with van der Waals surface area (Å²) in [5.41, 5.74) is 5.01. The molecule has 1 N–H and O–H groups in total. The molecule has 0 aliphatic rings. The number of benzene rings is 3. The maximum Gasteiger partial charge on any atom is 0.234 e. The van der Waals surface area contributed by atoms with E-state index in [1.165, 1.54) is 22.0 Å². The van der Waals surface area contributed by atoms with E-state index in [2.05, 4.69) is 56.6 Å². The van der Waals surface area contributed by atoms with Gasteiger partial charge in [-0.15, -0.1) is 21.5 Å². The Labute approximate surface area is 219 Å². The highest BCUT2D eigenvalue weighted by atomic mass is 79.9. The van der Waals surface area contributed by atoms with E-state index in [1.807, 2.05) is 60.0 Å². The van der Waals surface area contributed by atoms with Crippen molar-refractivity contribution in [1.82, 2.24) is 19.7 Å². The molecule has 0 fully saturated rings. The van der Waals surface area contributed by atoms with Crippen molar-refractivity contribution in [2.45, 2.75) is 25.5 Å². The van der Waals surface area contributed by atoms with Crippen LogP contribution >= 0.6 is 39.0 Å². The molecule has 0 saturated heterocycles. The van der Waals surface area contributed by atoms with Gasteiger partial charge in [0.05, 0.1) is 16.0 Å². The minimum Gasteiger partial charge on any atom is -0.325 e. The standard InChI is InChI=1S/C26H22BrN5OS2/c1-3-32-24(17-5-9-19(27)10-6-17)30-31-26(32)34-15-23(33)28-20-11-7-18(8-12-20)25-29-21-13-4-16(2)14-22(21)35-25/h4-14H,3,15H2,1-2H3,(H,28,33). The number of nitrogens with one attached hydrogen (secondary N) is 1. The van der Waals surface area contributed by atoms with Crippen LogP contribution in [0.2, 0.25) is 0 Å². The van der Waals surface area contributed by atoms with Crippen molar-refractivity contribution < 1.29 is 4.79 Å². The first-order valence-electron chi connectivity index (χ1n) is 11.1. The maximum absolute atomic E-state index is 12.6. The minimum atomic E-state index is -0.0888. The van der Waals surface area contributed by atoms with Crippen molar-refractivity contribution in [3.05, 3.63) is 76.8 Å². The van der Waals surface area contributed by atoms with E-state index >= 15 is 0 Å². The van der Waals surface area contributed by atoms with E-state index < -0.39 is 0 Å². The van der Waals surface area contributed by atoms with Crippen LogP contribution in [-0.2, 0) is 11.3 Å². The number of carbonyl (C=O) groups excluding carboxylic acids is 1. The average molecular weight is 565 g/mol. The first-order chi connectivity index (χ1) is 17.0. The lowest BCUT2D eigenvalue weighted by Gasteiger charge is -2.08. The summed E-state index contributed by atoms with van der Waals surface area (Å²) in [5, 5.41) is 13.3. The molecule has 0 aliphatic heterocycles. The molecule has 0 atom stereocenters. The first-order valence-corrected chi connectivity index (χ1v) is 13.7. The predicted molar refractivity (Wildman–Crippen MR) is 148 cm³/mol. The molecule has 0 bridgehead atoms. The molecule has 0 radical (unpaired) electrons. The van der Waals surface area contributed by atoms with Crippen molar-refractivity contribution >= 4 is 60.8 Å². The van der Waals surface area contributed by atoms with Gasteiger partial charge in [0.25, 0.3) is 0 Å². The van der Waals surface area contributed by atoms with E-state index in [0.29, 0.717) is 0 Å². The Balaban J connectivity index is 1.22. The quantitative estimate of drug-likeness (QED) is 0.215. The fourth-order valence-electron chi connectivity index (χ4n) is 3.67. The molecular formula is C26H22BrN5OS2. The number of aryl methyl sites for hydroxylation is 1. The first kappa shape index (κ1) is 23.7. The Morgan fingerprint density at radius 2 is 1.77 bits per heavy atom. The molecule has 6 nitrogen and oxygen atoms in total. The largest absolute Gasteiger partial charge is 0.325 e. The number of fused-ring (bicyclic) bond motifs is 1. The summed E-state index contributed by atoms with van der Waals surface area (Å²) in [7, 11) is 0. The van der Waals surface area contributed by atoms with Gasteiger partial charge in [-0.25, -0.2) is 4.98 Å². The van der Waals surface area contributed by atoms with Gasteiger partial charge >= 0.3 is 0 Å². The molecule has 2 aromatic heterocycles. The number of hydrogen-bond acceptors (Lipinski definition) is 6. The number of aromatic nitrogens is 4. The summed E-state index contributed by atoms with van der Waals surface area (Å²) >= 11 is 6.51. The van der Waals surface area contributed by atoms with Gasteiger partial charge in [0.2, 0.25) is 5.91 Å². The predicted octanol–water partition coefficient (Wildman–Crippen LogP) is 7.04. The minimum absolute atomic E-state index is 0.0888. The van der Waals surface area contributed by atoms with E-state index in [9.17, 15) is 4.79 Å². The molecule has 0 aliphatic carbocycles. The van der Waals surface area contributed by atoms with Crippen molar-refractivity contribution in [1.29, 1.82) is 0 Å². The highest BCUT2D eigenvalue weighted by Crippen LogP contribution is 2.31. The highest BCUT2D eigenvalue weighted by molar-refractivity contribution is 9.10. The smallest absolute Gasteiger partial charge is 0.234 e. The lowest BCUT2D eigenvalue weighted by Crippen LogP contribution is -2.14. The van der Waals surface area contributed by atoms with Crippen molar-refractivity contribution in [2.75, 3.05) is 11.1 Å². The monoisotopic (exact) mass is 563 g/mol. The summed E-state index contributed by atoms with van der Waals surface area (Å²) in [6.45, 7) is 4.85. The van der Waals surface area contributed by atoms with Crippen molar-refractivity contribution in [3.63, 3.8) is 0 Å². The zero-order valence-electron chi connectivity index (χ0n) is 19.2. The van der Waals surface area contributed by atoms with Crippen LogP contribution in [0.15, 0.2) is 76.4 Å². The second kappa shape index (κ2) is 10.3. The van der Waals surface area contributed by atoms with E-state index in [-0.39, 0.29) is 11.7 Å². The Bertz CT molecular complexity index is 1490. The molecule has 3 aromatic carbocycles. The van der Waals surface area contributed by atoms with E-state index in [1.54, 1.807) is 11.3 Å². The zero-order chi connectivity index (χ0) is 24.4.